The second-order valence-corrected chi connectivity index (χ2v) is 4.45. The van der Waals surface area contributed by atoms with E-state index in [0.29, 0.717) is 11.6 Å². The molecule has 0 saturated heterocycles. The van der Waals surface area contributed by atoms with Crippen molar-refractivity contribution in [2.75, 3.05) is 6.61 Å². The van der Waals surface area contributed by atoms with Crippen LogP contribution in [0.2, 0.25) is 5.02 Å². The van der Waals surface area contributed by atoms with Crippen molar-refractivity contribution < 1.29 is 5.11 Å². The van der Waals surface area contributed by atoms with Gasteiger partial charge in [-0.05, 0) is 0 Å². The minimum absolute atomic E-state index is 0.0389. The van der Waals surface area contributed by atoms with Gasteiger partial charge in [-0.2, -0.15) is 5.10 Å². The van der Waals surface area contributed by atoms with Crippen molar-refractivity contribution >= 4 is 11.6 Å². The molecule has 13 heavy (non-hydrogen) atoms. The molecule has 0 radical (unpaired) electrons. The van der Waals surface area contributed by atoms with Gasteiger partial charge in [-0.3, -0.25) is 4.68 Å². The van der Waals surface area contributed by atoms with Crippen molar-refractivity contribution in [2.24, 2.45) is 0 Å². The van der Waals surface area contributed by atoms with E-state index in [0.717, 1.165) is 5.69 Å². The number of halogens is 1. The van der Waals surface area contributed by atoms with E-state index < -0.39 is 0 Å². The lowest BCUT2D eigenvalue weighted by Crippen LogP contribution is -2.20. The number of aliphatic hydroxyl groups excluding tert-OH is 1. The van der Waals surface area contributed by atoms with Gasteiger partial charge in [-0.25, -0.2) is 0 Å². The summed E-state index contributed by atoms with van der Waals surface area (Å²) in [5.74, 6) is 0. The van der Waals surface area contributed by atoms with E-state index >= 15 is 0 Å². The summed E-state index contributed by atoms with van der Waals surface area (Å²) >= 11 is 6.00. The van der Waals surface area contributed by atoms with Gasteiger partial charge in [0.15, 0.2) is 0 Å². The van der Waals surface area contributed by atoms with Crippen LogP contribution in [0.15, 0.2) is 6.20 Å². The molecule has 0 unspecified atom stereocenters. The number of hydrogen-bond acceptors (Lipinski definition) is 2. The molecule has 1 aromatic heterocycles. The van der Waals surface area contributed by atoms with Crippen molar-refractivity contribution in [3.63, 3.8) is 0 Å². The summed E-state index contributed by atoms with van der Waals surface area (Å²) in [5.41, 5.74) is 0.936. The average Bonchev–Trinajstić information content (AvgIpc) is 2.31. The van der Waals surface area contributed by atoms with Crippen molar-refractivity contribution in [3.8, 4) is 0 Å². The molecule has 0 aliphatic heterocycles. The fourth-order valence-electron chi connectivity index (χ4n) is 1.37. The van der Waals surface area contributed by atoms with Crippen LogP contribution in [-0.4, -0.2) is 21.5 Å². The van der Waals surface area contributed by atoms with Crippen LogP contribution in [0.25, 0.3) is 0 Å². The van der Waals surface area contributed by atoms with Crippen LogP contribution < -0.4 is 0 Å². The van der Waals surface area contributed by atoms with Gasteiger partial charge in [0.2, 0.25) is 0 Å². The third-order valence-corrected chi connectivity index (χ3v) is 2.09. The molecule has 0 aliphatic rings. The third-order valence-electron chi connectivity index (χ3n) is 1.82. The Hall–Kier alpha value is -0.540. The van der Waals surface area contributed by atoms with Gasteiger partial charge in [-0.15, -0.1) is 0 Å². The van der Waals surface area contributed by atoms with E-state index in [2.05, 4.69) is 25.9 Å². The lowest BCUT2D eigenvalue weighted by atomic mass is 9.92. The van der Waals surface area contributed by atoms with Crippen LogP contribution in [0.4, 0.5) is 0 Å². The predicted octanol–water partition coefficient (Wildman–Crippen LogP) is 1.83. The Kier molecular flexibility index (Phi) is 2.98. The molecule has 1 N–H and O–H groups in total. The lowest BCUT2D eigenvalue weighted by molar-refractivity contribution is 0.264. The summed E-state index contributed by atoms with van der Waals surface area (Å²) in [7, 11) is 0. The second kappa shape index (κ2) is 3.68. The molecule has 0 saturated carbocycles. The molecular weight excluding hydrogens is 188 g/mol. The molecule has 4 heteroatoms. The number of hydrogen-bond donors (Lipinski definition) is 1. The zero-order valence-corrected chi connectivity index (χ0v) is 8.97. The minimum Gasteiger partial charge on any atom is -0.394 e. The van der Waals surface area contributed by atoms with Gasteiger partial charge in [0.1, 0.15) is 0 Å². The Morgan fingerprint density at radius 2 is 2.15 bits per heavy atom. The number of aromatic nitrogens is 2. The maximum Gasteiger partial charge on any atom is 0.0823 e. The molecule has 1 aromatic rings. The van der Waals surface area contributed by atoms with E-state index in [1.807, 2.05) is 0 Å². The molecule has 0 aliphatic carbocycles. The van der Waals surface area contributed by atoms with Crippen LogP contribution in [-0.2, 0) is 12.0 Å². The summed E-state index contributed by atoms with van der Waals surface area (Å²) in [5, 5.41) is 13.6. The molecule has 3 nitrogen and oxygen atoms in total. The average molecular weight is 203 g/mol. The highest BCUT2D eigenvalue weighted by Crippen LogP contribution is 2.28. The topological polar surface area (TPSA) is 38.0 Å². The van der Waals surface area contributed by atoms with Crippen molar-refractivity contribution in [1.82, 2.24) is 9.78 Å². The van der Waals surface area contributed by atoms with E-state index in [-0.39, 0.29) is 12.0 Å². The summed E-state index contributed by atoms with van der Waals surface area (Å²) in [4.78, 5) is 0. The molecule has 0 aromatic carbocycles. The van der Waals surface area contributed by atoms with E-state index in [9.17, 15) is 0 Å². The fraction of sp³-hybridized carbons (Fsp3) is 0.667. The van der Waals surface area contributed by atoms with Crippen molar-refractivity contribution in [1.29, 1.82) is 0 Å². The Morgan fingerprint density at radius 3 is 2.62 bits per heavy atom. The quantitative estimate of drug-likeness (QED) is 0.795. The smallest absolute Gasteiger partial charge is 0.0823 e. The van der Waals surface area contributed by atoms with Crippen LogP contribution in [0.5, 0.6) is 0 Å². The van der Waals surface area contributed by atoms with Gasteiger partial charge in [0.25, 0.3) is 0 Å². The minimum atomic E-state index is -0.0389. The number of aliphatic hydroxyl groups is 1. The molecule has 1 rings (SSSR count). The Bertz CT molecular complexity index is 288. The van der Waals surface area contributed by atoms with Gasteiger partial charge in [0, 0.05) is 5.41 Å². The van der Waals surface area contributed by atoms with E-state index in [4.69, 9.17) is 16.7 Å². The third kappa shape index (κ3) is 2.23. The monoisotopic (exact) mass is 202 g/mol. The van der Waals surface area contributed by atoms with E-state index in [1.54, 1.807) is 10.9 Å². The second-order valence-electron chi connectivity index (χ2n) is 4.04. The summed E-state index contributed by atoms with van der Waals surface area (Å²) in [6, 6.07) is 0. The van der Waals surface area contributed by atoms with Crippen LogP contribution >= 0.6 is 11.6 Å². The maximum absolute atomic E-state index is 8.82. The fourth-order valence-corrected chi connectivity index (χ4v) is 1.80. The molecule has 74 valence electrons. The van der Waals surface area contributed by atoms with Gasteiger partial charge in [-0.1, -0.05) is 32.4 Å². The largest absolute Gasteiger partial charge is 0.394 e. The Balaban J connectivity index is 3.09. The molecule has 1 heterocycles. The highest BCUT2D eigenvalue weighted by molar-refractivity contribution is 6.31. The number of nitrogens with zero attached hydrogens (tertiary/aromatic N) is 2. The SMILES string of the molecule is CC(C)(C)c1c(Cl)cnn1CCO. The van der Waals surface area contributed by atoms with Gasteiger partial charge in [0.05, 0.1) is 30.1 Å². The molecular formula is C9H15ClN2O. The van der Waals surface area contributed by atoms with Crippen molar-refractivity contribution in [3.05, 3.63) is 16.9 Å². The highest BCUT2D eigenvalue weighted by Gasteiger charge is 2.22. The first-order chi connectivity index (χ1) is 5.96. The van der Waals surface area contributed by atoms with Gasteiger partial charge >= 0.3 is 0 Å². The maximum atomic E-state index is 8.82. The highest BCUT2D eigenvalue weighted by atomic mass is 35.5. The van der Waals surface area contributed by atoms with Crippen molar-refractivity contribution in [2.45, 2.75) is 32.7 Å². The molecule has 0 atom stereocenters. The van der Waals surface area contributed by atoms with Gasteiger partial charge < -0.3 is 5.11 Å². The molecule has 0 fully saturated rings. The first kappa shape index (κ1) is 10.5. The Labute approximate surface area is 83.3 Å². The zero-order valence-electron chi connectivity index (χ0n) is 8.21. The first-order valence-corrected chi connectivity index (χ1v) is 4.67. The Morgan fingerprint density at radius 1 is 1.54 bits per heavy atom. The van der Waals surface area contributed by atoms with Crippen LogP contribution in [0.3, 0.4) is 0 Å². The van der Waals surface area contributed by atoms with Crippen LogP contribution in [0, 0.1) is 0 Å². The molecule has 0 amide bonds. The van der Waals surface area contributed by atoms with E-state index in [1.165, 1.54) is 0 Å². The number of rotatable bonds is 2. The summed E-state index contributed by atoms with van der Waals surface area (Å²) in [6.07, 6.45) is 1.62. The zero-order chi connectivity index (χ0) is 10.1. The van der Waals surface area contributed by atoms with Crippen LogP contribution in [0.1, 0.15) is 26.5 Å². The first-order valence-electron chi connectivity index (χ1n) is 4.29. The lowest BCUT2D eigenvalue weighted by Gasteiger charge is -2.20. The predicted molar refractivity (Wildman–Crippen MR) is 53.0 cm³/mol. The molecule has 0 spiro atoms. The molecule has 0 bridgehead atoms. The normalized spacial score (nSPS) is 12.1. The summed E-state index contributed by atoms with van der Waals surface area (Å²) < 4.78 is 1.75. The standard InChI is InChI=1S/C9H15ClN2O/c1-9(2,3)8-7(10)6-11-12(8)4-5-13/h6,13H,4-5H2,1-3H3. The summed E-state index contributed by atoms with van der Waals surface area (Å²) in [6.45, 7) is 6.80.